The zero-order chi connectivity index (χ0) is 19.0. The van der Waals surface area contributed by atoms with Crippen molar-refractivity contribution in [3.8, 4) is 11.3 Å². The normalized spacial score (nSPS) is 18.6. The van der Waals surface area contributed by atoms with Crippen LogP contribution in [0.25, 0.3) is 22.2 Å². The first-order valence-electron chi connectivity index (χ1n) is 9.41. The predicted molar refractivity (Wildman–Crippen MR) is 107 cm³/mol. The van der Waals surface area contributed by atoms with Gasteiger partial charge in [-0.2, -0.15) is 5.10 Å². The Labute approximate surface area is 159 Å². The maximum absolute atomic E-state index is 13.5. The van der Waals surface area contributed by atoms with Gasteiger partial charge in [0.05, 0.1) is 23.0 Å². The maximum Gasteiger partial charge on any atom is 0.254 e. The lowest BCUT2D eigenvalue weighted by Gasteiger charge is -2.28. The van der Waals surface area contributed by atoms with Gasteiger partial charge in [0.25, 0.3) is 5.91 Å². The summed E-state index contributed by atoms with van der Waals surface area (Å²) in [5.41, 5.74) is 3.25. The molecule has 6 nitrogen and oxygen atoms in total. The minimum atomic E-state index is 0.0848. The first-order valence-corrected chi connectivity index (χ1v) is 9.41. The van der Waals surface area contributed by atoms with Crippen LogP contribution in [0, 0.1) is 0 Å². The number of carbonyl (C=O) groups excluding carboxylic acids is 1. The second-order valence-corrected chi connectivity index (χ2v) is 7.44. The molecule has 6 heteroatoms. The van der Waals surface area contributed by atoms with Crippen LogP contribution in [0.4, 0.5) is 0 Å². The van der Waals surface area contributed by atoms with Gasteiger partial charge in [-0.1, -0.05) is 18.2 Å². The van der Waals surface area contributed by atoms with Gasteiger partial charge in [-0.3, -0.25) is 9.48 Å². The number of carbonyl (C=O) groups is 1. The van der Waals surface area contributed by atoms with Gasteiger partial charge in [0.2, 0.25) is 0 Å². The van der Waals surface area contributed by atoms with E-state index in [9.17, 15) is 4.79 Å². The number of hydrogen-bond acceptors (Lipinski definition) is 4. The fourth-order valence-corrected chi connectivity index (χ4v) is 3.88. The number of nitrogens with zero attached hydrogens (tertiary/aromatic N) is 5. The molecule has 0 saturated carbocycles. The number of pyridine rings is 1. The van der Waals surface area contributed by atoms with Gasteiger partial charge >= 0.3 is 0 Å². The average molecular weight is 363 g/mol. The van der Waals surface area contributed by atoms with Crippen LogP contribution in [0.1, 0.15) is 23.7 Å². The molecule has 0 aliphatic carbocycles. The summed E-state index contributed by atoms with van der Waals surface area (Å²) in [6, 6.07) is 9.97. The highest BCUT2D eigenvalue weighted by Crippen LogP contribution is 2.26. The van der Waals surface area contributed by atoms with Crippen molar-refractivity contribution in [1.29, 1.82) is 0 Å². The molecule has 1 unspecified atom stereocenters. The summed E-state index contributed by atoms with van der Waals surface area (Å²) in [5, 5.41) is 5.15. The molecule has 0 bridgehead atoms. The molecule has 1 saturated heterocycles. The SMILES string of the molecule is CC1CN(C)CCCN1C(=O)c1cc(-c2cnn(C)c2)nc2ccccc12. The van der Waals surface area contributed by atoms with Gasteiger partial charge < -0.3 is 9.80 Å². The standard InChI is InChI=1S/C21H25N5O/c1-15-13-24(2)9-6-10-26(15)21(27)18-11-20(16-12-22-25(3)14-16)23-19-8-5-4-7-17(18)19/h4-5,7-8,11-12,14-15H,6,9-10,13H2,1-3H3. The minimum absolute atomic E-state index is 0.0848. The quantitative estimate of drug-likeness (QED) is 0.703. The summed E-state index contributed by atoms with van der Waals surface area (Å²) in [6.45, 7) is 4.82. The molecule has 1 fully saturated rings. The Kier molecular flexibility index (Phi) is 4.66. The highest BCUT2D eigenvalue weighted by molar-refractivity contribution is 6.07. The molecule has 3 heterocycles. The summed E-state index contributed by atoms with van der Waals surface area (Å²) in [7, 11) is 4.00. The summed E-state index contributed by atoms with van der Waals surface area (Å²) >= 11 is 0. The fraction of sp³-hybridized carbons (Fsp3) is 0.381. The monoisotopic (exact) mass is 363 g/mol. The summed E-state index contributed by atoms with van der Waals surface area (Å²) in [6.07, 6.45) is 4.70. The van der Waals surface area contributed by atoms with E-state index >= 15 is 0 Å². The lowest BCUT2D eigenvalue weighted by Crippen LogP contribution is -2.42. The van der Waals surface area contributed by atoms with Crippen molar-refractivity contribution < 1.29 is 4.79 Å². The Morgan fingerprint density at radius 3 is 2.78 bits per heavy atom. The topological polar surface area (TPSA) is 54.3 Å². The number of hydrogen-bond donors (Lipinski definition) is 0. The Balaban J connectivity index is 1.81. The van der Waals surface area contributed by atoms with Crippen LogP contribution in [-0.2, 0) is 7.05 Å². The van der Waals surface area contributed by atoms with Gasteiger partial charge in [0, 0.05) is 43.3 Å². The van der Waals surface area contributed by atoms with Gasteiger partial charge in [0.1, 0.15) is 0 Å². The van der Waals surface area contributed by atoms with Crippen LogP contribution in [0.3, 0.4) is 0 Å². The average Bonchev–Trinajstić information content (AvgIpc) is 3.02. The van der Waals surface area contributed by atoms with E-state index < -0.39 is 0 Å². The van der Waals surface area contributed by atoms with Crippen molar-refractivity contribution in [1.82, 2.24) is 24.6 Å². The largest absolute Gasteiger partial charge is 0.335 e. The molecule has 4 rings (SSSR count). The van der Waals surface area contributed by atoms with Gasteiger partial charge in [-0.25, -0.2) is 4.98 Å². The zero-order valence-corrected chi connectivity index (χ0v) is 16.1. The van der Waals surface area contributed by atoms with Crippen LogP contribution >= 0.6 is 0 Å². The molecule has 27 heavy (non-hydrogen) atoms. The highest BCUT2D eigenvalue weighted by Gasteiger charge is 2.26. The van der Waals surface area contributed by atoms with E-state index in [1.807, 2.05) is 48.5 Å². The van der Waals surface area contributed by atoms with Crippen molar-refractivity contribution in [3.63, 3.8) is 0 Å². The molecule has 1 aliphatic heterocycles. The molecule has 0 N–H and O–H groups in total. The molecule has 1 aromatic carbocycles. The Hall–Kier alpha value is -2.73. The van der Waals surface area contributed by atoms with Gasteiger partial charge in [-0.05, 0) is 39.1 Å². The molecule has 3 aromatic rings. The fourth-order valence-electron chi connectivity index (χ4n) is 3.88. The smallest absolute Gasteiger partial charge is 0.254 e. The molecule has 140 valence electrons. The van der Waals surface area contributed by atoms with Crippen LogP contribution in [0.15, 0.2) is 42.7 Å². The van der Waals surface area contributed by atoms with Gasteiger partial charge in [-0.15, -0.1) is 0 Å². The maximum atomic E-state index is 13.5. The van der Waals surface area contributed by atoms with Crippen molar-refractivity contribution in [2.24, 2.45) is 7.05 Å². The van der Waals surface area contributed by atoms with Crippen LogP contribution in [0.2, 0.25) is 0 Å². The van der Waals surface area contributed by atoms with E-state index in [0.717, 1.165) is 53.8 Å². The summed E-state index contributed by atoms with van der Waals surface area (Å²) in [4.78, 5) is 22.6. The lowest BCUT2D eigenvalue weighted by molar-refractivity contribution is 0.0698. The first-order chi connectivity index (χ1) is 13.0. The van der Waals surface area contributed by atoms with E-state index in [4.69, 9.17) is 4.98 Å². The van der Waals surface area contributed by atoms with E-state index in [-0.39, 0.29) is 11.9 Å². The molecule has 1 atom stereocenters. The van der Waals surface area contributed by atoms with Crippen molar-refractivity contribution >= 4 is 16.8 Å². The molecule has 1 amide bonds. The molecule has 1 aliphatic rings. The number of likely N-dealkylation sites (N-methyl/N-ethyl adjacent to an activating group) is 1. The molecule has 0 radical (unpaired) electrons. The number of aromatic nitrogens is 3. The lowest BCUT2D eigenvalue weighted by atomic mass is 10.0. The molecule has 0 spiro atoms. The van der Waals surface area contributed by atoms with E-state index in [1.165, 1.54) is 0 Å². The molecular formula is C21H25N5O. The summed E-state index contributed by atoms with van der Waals surface area (Å²) < 4.78 is 1.75. The van der Waals surface area contributed by atoms with E-state index in [1.54, 1.807) is 10.9 Å². The van der Waals surface area contributed by atoms with Crippen LogP contribution < -0.4 is 0 Å². The Morgan fingerprint density at radius 1 is 1.19 bits per heavy atom. The second kappa shape index (κ2) is 7.12. The first kappa shape index (κ1) is 17.7. The number of para-hydroxylation sites is 1. The van der Waals surface area contributed by atoms with Crippen LogP contribution in [0.5, 0.6) is 0 Å². The third-order valence-electron chi connectivity index (χ3n) is 5.25. The number of benzene rings is 1. The number of rotatable bonds is 2. The number of fused-ring (bicyclic) bond motifs is 1. The van der Waals surface area contributed by atoms with Crippen molar-refractivity contribution in [2.45, 2.75) is 19.4 Å². The van der Waals surface area contributed by atoms with E-state index in [0.29, 0.717) is 0 Å². The van der Waals surface area contributed by atoms with Crippen LogP contribution in [-0.4, -0.2) is 63.2 Å². The molecular weight excluding hydrogens is 338 g/mol. The third kappa shape index (κ3) is 3.45. The summed E-state index contributed by atoms with van der Waals surface area (Å²) in [5.74, 6) is 0.0848. The van der Waals surface area contributed by atoms with Crippen molar-refractivity contribution in [2.75, 3.05) is 26.7 Å². The highest BCUT2D eigenvalue weighted by atomic mass is 16.2. The van der Waals surface area contributed by atoms with Gasteiger partial charge in [0.15, 0.2) is 0 Å². The molecule has 2 aromatic heterocycles. The minimum Gasteiger partial charge on any atom is -0.335 e. The van der Waals surface area contributed by atoms with E-state index in [2.05, 4.69) is 24.0 Å². The van der Waals surface area contributed by atoms with Crippen molar-refractivity contribution in [3.05, 3.63) is 48.3 Å². The predicted octanol–water partition coefficient (Wildman–Crippen LogP) is 2.80. The number of amides is 1. The third-order valence-corrected chi connectivity index (χ3v) is 5.25. The Bertz CT molecular complexity index is 980. The second-order valence-electron chi connectivity index (χ2n) is 7.44. The Morgan fingerprint density at radius 2 is 2.00 bits per heavy atom. The zero-order valence-electron chi connectivity index (χ0n) is 16.1. The number of aryl methyl sites for hydroxylation is 1.